The molecule has 0 aromatic rings. The van der Waals surface area contributed by atoms with Gasteiger partial charge in [0.2, 0.25) is 6.08 Å². The molecule has 0 aliphatic carbocycles. The molecule has 0 rings (SSSR count). The molecule has 12 heavy (non-hydrogen) atoms. The van der Waals surface area contributed by atoms with E-state index in [9.17, 15) is 4.79 Å². The molecule has 7 heteroatoms. The second-order valence-corrected chi connectivity index (χ2v) is 3.45. The molecule has 2 nitrogen and oxygen atoms in total. The first-order valence-electron chi connectivity index (χ1n) is 2.35. The Kier molecular flexibility index (Phi) is 6.02. The van der Waals surface area contributed by atoms with Gasteiger partial charge in [-0.2, -0.15) is 4.99 Å². The van der Waals surface area contributed by atoms with E-state index < -0.39 is 0 Å². The van der Waals surface area contributed by atoms with Crippen LogP contribution < -0.4 is 0 Å². The van der Waals surface area contributed by atoms with Crippen LogP contribution in [0.4, 0.5) is 0 Å². The summed E-state index contributed by atoms with van der Waals surface area (Å²) in [7, 11) is 0. The number of halogens is 5. The maximum Gasteiger partial charge on any atom is 0.241 e. The number of hydrogen-bond donors (Lipinski definition) is 0. The molecule has 0 radical (unpaired) electrons. The van der Waals surface area contributed by atoms with Gasteiger partial charge in [-0.3, -0.25) is 0 Å². The molecular weight excluding hydrogens is 267 g/mol. The molecule has 0 saturated carbocycles. The van der Waals surface area contributed by atoms with Crippen molar-refractivity contribution in [2.75, 3.05) is 0 Å². The Labute approximate surface area is 93.4 Å². The molecule has 0 N–H and O–H groups in total. The summed E-state index contributed by atoms with van der Waals surface area (Å²) in [6.45, 7) is 0. The van der Waals surface area contributed by atoms with Crippen molar-refractivity contribution < 1.29 is 4.79 Å². The number of hydrogen-bond acceptors (Lipinski definition) is 2. The molecule has 0 fully saturated rings. The van der Waals surface area contributed by atoms with Gasteiger partial charge in [0, 0.05) is 0 Å². The van der Waals surface area contributed by atoms with Gasteiger partial charge in [-0.25, -0.2) is 4.79 Å². The van der Waals surface area contributed by atoms with Crippen molar-refractivity contribution in [3.63, 3.8) is 0 Å². The van der Waals surface area contributed by atoms with Crippen LogP contribution >= 0.6 is 58.0 Å². The summed E-state index contributed by atoms with van der Waals surface area (Å²) in [5.74, 6) is 0. The van der Waals surface area contributed by atoms with Gasteiger partial charge >= 0.3 is 0 Å². The van der Waals surface area contributed by atoms with E-state index in [1.165, 1.54) is 6.08 Å². The molecule has 0 aromatic carbocycles. The number of aliphatic imine (C=N–C) groups is 1. The molecule has 0 aromatic heterocycles. The van der Waals surface area contributed by atoms with Crippen molar-refractivity contribution in [1.29, 1.82) is 0 Å². The maximum absolute atomic E-state index is 9.72. The van der Waals surface area contributed by atoms with Gasteiger partial charge < -0.3 is 0 Å². The lowest BCUT2D eigenvalue weighted by Gasteiger charge is -1.95. The lowest BCUT2D eigenvalue weighted by molar-refractivity contribution is 0.565. The number of isocyanates is 1. The SMILES string of the molecule is O=C=N/C(Cl)=C(\Cl)C(Cl)=C(Cl)Cl. The fourth-order valence-electron chi connectivity index (χ4n) is 0.263. The molecule has 0 atom stereocenters. The van der Waals surface area contributed by atoms with Crippen LogP contribution in [0.5, 0.6) is 0 Å². The first-order chi connectivity index (χ1) is 5.50. The molecule has 0 saturated heterocycles. The molecular formula is C5Cl5NO. The highest BCUT2D eigenvalue weighted by atomic mass is 35.5. The maximum atomic E-state index is 9.72. The average Bonchev–Trinajstić information content (AvgIpc) is 2.02. The van der Waals surface area contributed by atoms with E-state index >= 15 is 0 Å². The molecule has 0 bridgehead atoms. The van der Waals surface area contributed by atoms with Crippen LogP contribution in [0.15, 0.2) is 24.7 Å². The van der Waals surface area contributed by atoms with Crippen LogP contribution in [0.2, 0.25) is 0 Å². The second-order valence-electron chi connectivity index (χ2n) is 1.38. The fraction of sp³-hybridized carbons (Fsp3) is 0. The predicted octanol–water partition coefficient (Wildman–Crippen LogP) is 3.85. The Morgan fingerprint density at radius 2 is 1.50 bits per heavy atom. The van der Waals surface area contributed by atoms with Crippen LogP contribution in [-0.2, 0) is 4.79 Å². The average molecular weight is 267 g/mol. The zero-order valence-corrected chi connectivity index (χ0v) is 9.02. The largest absolute Gasteiger partial charge is 0.241 e. The van der Waals surface area contributed by atoms with Crippen molar-refractivity contribution in [2.24, 2.45) is 4.99 Å². The Balaban J connectivity index is 5.05. The van der Waals surface area contributed by atoms with E-state index in [0.29, 0.717) is 0 Å². The third kappa shape index (κ3) is 3.81. The Morgan fingerprint density at radius 3 is 1.83 bits per heavy atom. The smallest absolute Gasteiger partial charge is 0.211 e. The highest BCUT2D eigenvalue weighted by Crippen LogP contribution is 2.31. The topological polar surface area (TPSA) is 29.4 Å². The number of allylic oxidation sites excluding steroid dienone is 2. The highest BCUT2D eigenvalue weighted by Gasteiger charge is 2.08. The minimum absolute atomic E-state index is 0.177. The molecule has 0 spiro atoms. The summed E-state index contributed by atoms with van der Waals surface area (Å²) in [6.07, 6.45) is 1.18. The van der Waals surface area contributed by atoms with Gasteiger partial charge in [0.15, 0.2) is 5.16 Å². The van der Waals surface area contributed by atoms with E-state index in [1.807, 2.05) is 0 Å². The summed E-state index contributed by atoms with van der Waals surface area (Å²) in [5.41, 5.74) is 0. The van der Waals surface area contributed by atoms with E-state index in [0.717, 1.165) is 0 Å². The van der Waals surface area contributed by atoms with E-state index in [-0.39, 0.29) is 19.7 Å². The lowest BCUT2D eigenvalue weighted by Crippen LogP contribution is -1.77. The fourth-order valence-corrected chi connectivity index (χ4v) is 0.952. The van der Waals surface area contributed by atoms with Crippen molar-refractivity contribution in [3.05, 3.63) is 19.7 Å². The van der Waals surface area contributed by atoms with Gasteiger partial charge in [-0.1, -0.05) is 58.0 Å². The first-order valence-corrected chi connectivity index (χ1v) is 4.24. The van der Waals surface area contributed by atoms with Crippen molar-refractivity contribution in [2.45, 2.75) is 0 Å². The minimum atomic E-state index is -0.324. The minimum Gasteiger partial charge on any atom is -0.211 e. The molecule has 0 aliphatic heterocycles. The summed E-state index contributed by atoms with van der Waals surface area (Å²) in [5, 5.41) is -0.707. The van der Waals surface area contributed by atoms with Crippen molar-refractivity contribution in [1.82, 2.24) is 0 Å². The zero-order chi connectivity index (χ0) is 9.72. The van der Waals surface area contributed by atoms with Gasteiger partial charge in [0.25, 0.3) is 0 Å². The standard InChI is InChI=1S/C5Cl5NO/c6-2(4(8)9)3(7)5(10)11-1-12/b5-3-. The van der Waals surface area contributed by atoms with Crippen molar-refractivity contribution in [3.8, 4) is 0 Å². The Hall–Kier alpha value is 0.310. The summed E-state index contributed by atoms with van der Waals surface area (Å²) in [4.78, 5) is 12.7. The molecule has 0 heterocycles. The second kappa shape index (κ2) is 5.87. The Morgan fingerprint density at radius 1 is 1.00 bits per heavy atom. The van der Waals surface area contributed by atoms with Crippen molar-refractivity contribution >= 4 is 64.1 Å². The van der Waals surface area contributed by atoms with Gasteiger partial charge in [0.1, 0.15) is 4.49 Å². The monoisotopic (exact) mass is 265 g/mol. The van der Waals surface area contributed by atoms with Gasteiger partial charge in [-0.15, -0.1) is 0 Å². The number of carbonyl (C=O) groups excluding carboxylic acids is 1. The quantitative estimate of drug-likeness (QED) is 0.323. The van der Waals surface area contributed by atoms with Gasteiger partial charge in [0.05, 0.1) is 10.1 Å². The summed E-state index contributed by atoms with van der Waals surface area (Å²) in [6, 6.07) is 0. The van der Waals surface area contributed by atoms with Crippen LogP contribution in [0.1, 0.15) is 0 Å². The first kappa shape index (κ1) is 12.3. The highest BCUT2D eigenvalue weighted by molar-refractivity contribution is 6.62. The number of nitrogens with zero attached hydrogens (tertiary/aromatic N) is 1. The normalized spacial score (nSPS) is 11.4. The van der Waals surface area contributed by atoms with E-state index in [1.54, 1.807) is 0 Å². The molecule has 66 valence electrons. The summed E-state index contributed by atoms with van der Waals surface area (Å²) >= 11 is 26.8. The van der Waals surface area contributed by atoms with Crippen LogP contribution in [0, 0.1) is 0 Å². The third-order valence-electron chi connectivity index (χ3n) is 0.684. The van der Waals surface area contributed by atoms with E-state index in [2.05, 4.69) is 4.99 Å². The molecule has 0 aliphatic rings. The molecule has 0 unspecified atom stereocenters. The lowest BCUT2D eigenvalue weighted by atomic mass is 10.6. The number of rotatable bonds is 2. The molecule has 0 amide bonds. The van der Waals surface area contributed by atoms with E-state index in [4.69, 9.17) is 58.0 Å². The Bertz CT molecular complexity index is 284. The predicted molar refractivity (Wildman–Crippen MR) is 51.4 cm³/mol. The zero-order valence-electron chi connectivity index (χ0n) is 5.25. The van der Waals surface area contributed by atoms with Crippen LogP contribution in [-0.4, -0.2) is 6.08 Å². The van der Waals surface area contributed by atoms with Crippen LogP contribution in [0.25, 0.3) is 0 Å². The summed E-state index contributed by atoms with van der Waals surface area (Å²) < 4.78 is -0.263. The van der Waals surface area contributed by atoms with Crippen LogP contribution in [0.3, 0.4) is 0 Å². The third-order valence-corrected chi connectivity index (χ3v) is 2.47. The van der Waals surface area contributed by atoms with Gasteiger partial charge in [-0.05, 0) is 0 Å².